The van der Waals surface area contributed by atoms with E-state index in [1.54, 1.807) is 52.1 Å². The Hall–Kier alpha value is -5.73. The smallest absolute Gasteiger partial charge is 0.419 e. The zero-order chi connectivity index (χ0) is 33.8. The number of aryl methyl sites for hydroxylation is 1. The van der Waals surface area contributed by atoms with Gasteiger partial charge in [-0.25, -0.2) is 23.3 Å². The monoisotopic (exact) mass is 648 g/mol. The van der Waals surface area contributed by atoms with Gasteiger partial charge in [-0.3, -0.25) is 14.1 Å². The number of ether oxygens (including phenoxy) is 2. The molecule has 0 N–H and O–H groups in total. The van der Waals surface area contributed by atoms with Gasteiger partial charge >= 0.3 is 24.2 Å². The Bertz CT molecular complexity index is 2240. The summed E-state index contributed by atoms with van der Waals surface area (Å²) >= 11 is 0. The van der Waals surface area contributed by atoms with Gasteiger partial charge < -0.3 is 13.9 Å². The fourth-order valence-corrected chi connectivity index (χ4v) is 5.17. The molecule has 4 aromatic heterocycles. The lowest BCUT2D eigenvalue weighted by Gasteiger charge is -2.20. The normalized spacial score (nSPS) is 11.9. The predicted molar refractivity (Wildman–Crippen MR) is 163 cm³/mol. The van der Waals surface area contributed by atoms with Crippen LogP contribution < -0.4 is 5.69 Å². The van der Waals surface area contributed by atoms with Crippen molar-refractivity contribution < 1.29 is 36.7 Å². The third-order valence-electron chi connectivity index (χ3n) is 7.34. The summed E-state index contributed by atoms with van der Waals surface area (Å²) in [4.78, 5) is 43.3. The van der Waals surface area contributed by atoms with Crippen molar-refractivity contribution in [3.8, 4) is 22.6 Å². The maximum atomic E-state index is 15.8. The first-order valence-electron chi connectivity index (χ1n) is 14.2. The largest absolute Gasteiger partial charge is 0.464 e. The molecule has 6 aromatic rings. The van der Waals surface area contributed by atoms with Gasteiger partial charge in [-0.1, -0.05) is 12.1 Å². The van der Waals surface area contributed by atoms with E-state index < -0.39 is 41.5 Å². The number of nitrogens with zero attached hydrogens (tertiary/aromatic N) is 6. The Balaban J connectivity index is 1.38. The van der Waals surface area contributed by atoms with Crippen molar-refractivity contribution in [2.75, 3.05) is 7.11 Å². The second-order valence-corrected chi connectivity index (χ2v) is 11.6. The highest BCUT2D eigenvalue weighted by Crippen LogP contribution is 2.32. The van der Waals surface area contributed by atoms with Gasteiger partial charge in [0.05, 0.1) is 41.5 Å². The number of fused-ring (bicyclic) bond motifs is 2. The first kappa shape index (κ1) is 31.3. The Morgan fingerprint density at radius 1 is 0.979 bits per heavy atom. The minimum atomic E-state index is -2.91. The van der Waals surface area contributed by atoms with Crippen LogP contribution >= 0.6 is 0 Å². The van der Waals surface area contributed by atoms with E-state index in [0.29, 0.717) is 38.8 Å². The standard InChI is InChI=1S/C32H27F3N6O6/c1-32(2,3)47-31(44)41-22-10-16(6-7-17(22)11-25(41)29(42)45-5)20-12-23-24(13-21(20)33)40(30(43)39(23)4)15-19-9-8-18(14-36-19)27-37-38-28(46-27)26(34)35/h6-14,26H,15H2,1-5H3. The van der Waals surface area contributed by atoms with E-state index in [-0.39, 0.29) is 23.7 Å². The number of aromatic nitrogens is 6. The molecule has 242 valence electrons. The fraction of sp³-hybridized carbons (Fsp3) is 0.250. The van der Waals surface area contributed by atoms with Crippen molar-refractivity contribution in [1.29, 1.82) is 0 Å². The number of alkyl halides is 2. The summed E-state index contributed by atoms with van der Waals surface area (Å²) in [5.74, 6) is -2.34. The number of hydrogen-bond acceptors (Lipinski definition) is 9. The number of rotatable bonds is 6. The molecular weight excluding hydrogens is 621 g/mol. The summed E-state index contributed by atoms with van der Waals surface area (Å²) in [5.41, 5.74) is 0.931. The van der Waals surface area contributed by atoms with Crippen LogP contribution in [-0.2, 0) is 23.1 Å². The lowest BCUT2D eigenvalue weighted by atomic mass is 10.0. The molecule has 2 aromatic carbocycles. The number of benzene rings is 2. The number of imidazole rings is 1. The van der Waals surface area contributed by atoms with Crippen molar-refractivity contribution in [2.45, 2.75) is 39.3 Å². The number of halogens is 3. The van der Waals surface area contributed by atoms with Crippen LogP contribution in [0.2, 0.25) is 0 Å². The second kappa shape index (κ2) is 11.6. The van der Waals surface area contributed by atoms with Crippen molar-refractivity contribution in [2.24, 2.45) is 7.05 Å². The number of carbonyl (C=O) groups excluding carboxylic acids is 2. The highest BCUT2D eigenvalue weighted by atomic mass is 19.3. The molecular formula is C32H27F3N6O6. The van der Waals surface area contributed by atoms with Crippen LogP contribution in [0.4, 0.5) is 18.0 Å². The molecule has 6 rings (SSSR count). The molecule has 12 nitrogen and oxygen atoms in total. The van der Waals surface area contributed by atoms with Crippen molar-refractivity contribution in [3.63, 3.8) is 0 Å². The minimum Gasteiger partial charge on any atom is -0.464 e. The van der Waals surface area contributed by atoms with Gasteiger partial charge in [0.1, 0.15) is 17.1 Å². The molecule has 0 aliphatic carbocycles. The number of methoxy groups -OCH3 is 1. The van der Waals surface area contributed by atoms with Gasteiger partial charge in [-0.05, 0) is 56.7 Å². The number of esters is 1. The van der Waals surface area contributed by atoms with Gasteiger partial charge in [-0.2, -0.15) is 8.78 Å². The zero-order valence-corrected chi connectivity index (χ0v) is 25.7. The van der Waals surface area contributed by atoms with Crippen LogP contribution in [0.3, 0.4) is 0 Å². The van der Waals surface area contributed by atoms with Crippen LogP contribution in [0, 0.1) is 5.82 Å². The molecule has 0 fully saturated rings. The molecule has 0 saturated carbocycles. The van der Waals surface area contributed by atoms with Crippen molar-refractivity contribution >= 4 is 34.0 Å². The molecule has 4 heterocycles. The van der Waals surface area contributed by atoms with E-state index in [0.717, 1.165) is 4.57 Å². The summed E-state index contributed by atoms with van der Waals surface area (Å²) in [6.07, 6.45) is -2.37. The molecule has 47 heavy (non-hydrogen) atoms. The van der Waals surface area contributed by atoms with E-state index in [1.807, 2.05) is 0 Å². The molecule has 0 atom stereocenters. The van der Waals surface area contributed by atoms with E-state index in [1.165, 1.54) is 46.7 Å². The fourth-order valence-electron chi connectivity index (χ4n) is 5.17. The number of carbonyl (C=O) groups is 2. The Labute approximate surface area is 264 Å². The lowest BCUT2D eigenvalue weighted by molar-refractivity contribution is 0.0490. The van der Waals surface area contributed by atoms with Crippen LogP contribution in [0.1, 0.15) is 49.3 Å². The van der Waals surface area contributed by atoms with Crippen molar-refractivity contribution in [3.05, 3.63) is 88.3 Å². The molecule has 0 unspecified atom stereocenters. The first-order valence-corrected chi connectivity index (χ1v) is 14.2. The number of hydrogen-bond donors (Lipinski definition) is 0. The van der Waals surface area contributed by atoms with Crippen LogP contribution in [-0.4, -0.2) is 53.7 Å². The minimum absolute atomic E-state index is 0.0208. The number of pyridine rings is 1. The third-order valence-corrected chi connectivity index (χ3v) is 7.34. The van der Waals surface area contributed by atoms with Crippen LogP contribution in [0.25, 0.3) is 44.5 Å². The summed E-state index contributed by atoms with van der Waals surface area (Å²) < 4.78 is 60.6. The SMILES string of the molecule is COC(=O)c1cc2ccc(-c3cc4c(cc3F)n(Cc3ccc(-c5nnc(C(F)F)o5)cn3)c(=O)n4C)cc2n1C(=O)OC(C)(C)C. The van der Waals surface area contributed by atoms with Gasteiger partial charge in [-0.15, -0.1) is 10.2 Å². The van der Waals surface area contributed by atoms with Crippen LogP contribution in [0.5, 0.6) is 0 Å². The molecule has 0 amide bonds. The third kappa shape index (κ3) is 5.75. The quantitative estimate of drug-likeness (QED) is 0.196. The Morgan fingerprint density at radius 2 is 1.72 bits per heavy atom. The molecule has 0 bridgehead atoms. The predicted octanol–water partition coefficient (Wildman–Crippen LogP) is 6.10. The van der Waals surface area contributed by atoms with E-state index in [2.05, 4.69) is 15.2 Å². The molecule has 0 aliphatic rings. The van der Waals surface area contributed by atoms with E-state index in [4.69, 9.17) is 13.9 Å². The molecule has 0 spiro atoms. The second-order valence-electron chi connectivity index (χ2n) is 11.6. The average molecular weight is 649 g/mol. The Morgan fingerprint density at radius 3 is 2.36 bits per heavy atom. The maximum absolute atomic E-state index is 15.8. The summed E-state index contributed by atoms with van der Waals surface area (Å²) in [6, 6.07) is 12.2. The lowest BCUT2D eigenvalue weighted by Crippen LogP contribution is -2.29. The summed E-state index contributed by atoms with van der Waals surface area (Å²) in [6.45, 7) is 5.05. The topological polar surface area (TPSA) is 136 Å². The maximum Gasteiger partial charge on any atom is 0.419 e. The highest BCUT2D eigenvalue weighted by molar-refractivity contribution is 6.02. The summed E-state index contributed by atoms with van der Waals surface area (Å²) in [7, 11) is 2.75. The Kier molecular flexibility index (Phi) is 7.69. The summed E-state index contributed by atoms with van der Waals surface area (Å²) in [5, 5.41) is 7.42. The zero-order valence-electron chi connectivity index (χ0n) is 25.7. The molecule has 0 saturated heterocycles. The van der Waals surface area contributed by atoms with Gasteiger partial charge in [0.15, 0.2) is 0 Å². The average Bonchev–Trinajstić information content (AvgIpc) is 3.72. The van der Waals surface area contributed by atoms with E-state index in [9.17, 15) is 23.2 Å². The van der Waals surface area contributed by atoms with E-state index >= 15 is 4.39 Å². The van der Waals surface area contributed by atoms with Gasteiger partial charge in [0.2, 0.25) is 5.89 Å². The van der Waals surface area contributed by atoms with Crippen molar-refractivity contribution in [1.82, 2.24) is 28.9 Å². The highest BCUT2D eigenvalue weighted by Gasteiger charge is 2.26. The molecule has 0 aliphatic heterocycles. The van der Waals surface area contributed by atoms with Crippen LogP contribution in [0.15, 0.2) is 63.9 Å². The molecule has 15 heteroatoms. The van der Waals surface area contributed by atoms with Gasteiger partial charge in [0, 0.05) is 30.3 Å². The first-order chi connectivity index (χ1) is 22.3. The molecule has 0 radical (unpaired) electrons. The van der Waals surface area contributed by atoms with Gasteiger partial charge in [0.25, 0.3) is 5.89 Å².